The van der Waals surface area contributed by atoms with Crippen LogP contribution in [0.3, 0.4) is 0 Å². The Balaban J connectivity index is 0.00000254. The van der Waals surface area contributed by atoms with Gasteiger partial charge >= 0.3 is 5.97 Å². The van der Waals surface area contributed by atoms with E-state index in [0.717, 1.165) is 10.4 Å². The fourth-order valence-corrected chi connectivity index (χ4v) is 2.86. The van der Waals surface area contributed by atoms with Crippen molar-refractivity contribution in [1.29, 1.82) is 0 Å². The molecule has 0 bridgehead atoms. The minimum atomic E-state index is -0.441. The third kappa shape index (κ3) is 7.51. The summed E-state index contributed by atoms with van der Waals surface area (Å²) in [6.45, 7) is 14.2. The van der Waals surface area contributed by atoms with Crippen LogP contribution in [0.25, 0.3) is 0 Å². The largest absolute Gasteiger partial charge is 0.460 e. The molecule has 0 aliphatic carbocycles. The normalized spacial score (nSPS) is 10.9. The molecule has 1 rings (SSSR count). The van der Waals surface area contributed by atoms with Crippen LogP contribution in [-0.4, -0.2) is 16.4 Å². The number of thiocarbonyl (C=S) groups is 1. The molecule has 0 saturated heterocycles. The van der Waals surface area contributed by atoms with Crippen molar-refractivity contribution in [2.45, 2.75) is 72.8 Å². The molecule has 5 heteroatoms. The van der Waals surface area contributed by atoms with E-state index in [1.165, 1.54) is 16.7 Å². The second-order valence-corrected chi connectivity index (χ2v) is 7.68. The van der Waals surface area contributed by atoms with E-state index in [1.54, 1.807) is 0 Å². The van der Waals surface area contributed by atoms with Crippen LogP contribution in [0.4, 0.5) is 0 Å². The van der Waals surface area contributed by atoms with Crippen LogP contribution in [-0.2, 0) is 9.53 Å². The average Bonchev–Trinajstić information content (AvgIpc) is 2.44. The van der Waals surface area contributed by atoms with Crippen LogP contribution in [0.1, 0.15) is 75.6 Å². The van der Waals surface area contributed by atoms with Crippen molar-refractivity contribution in [3.63, 3.8) is 0 Å². The van der Waals surface area contributed by atoms with Crippen LogP contribution in [0, 0.1) is 13.8 Å². The number of benzene rings is 1. The number of hydrogen-bond donors (Lipinski definition) is 2. The second-order valence-electron chi connectivity index (χ2n) is 7.19. The van der Waals surface area contributed by atoms with Gasteiger partial charge in [0.15, 0.2) is 0 Å². The van der Waals surface area contributed by atoms with Crippen molar-refractivity contribution in [1.82, 2.24) is 0 Å². The molecule has 1 aromatic carbocycles. The molecular formula is C19H32N2O2S. The monoisotopic (exact) mass is 352 g/mol. The van der Waals surface area contributed by atoms with Gasteiger partial charge in [0, 0.05) is 4.86 Å². The molecule has 0 heterocycles. The molecule has 4 N–H and O–H groups in total. The Morgan fingerprint density at radius 3 is 2.12 bits per heavy atom. The topological polar surface area (TPSA) is 78.3 Å². The molecule has 0 aromatic heterocycles. The lowest BCUT2D eigenvalue weighted by Crippen LogP contribution is -2.24. The minimum Gasteiger partial charge on any atom is -0.460 e. The Kier molecular flexibility index (Phi) is 9.33. The number of hydrazine groups is 1. The van der Waals surface area contributed by atoms with Gasteiger partial charge in [-0.3, -0.25) is 16.5 Å². The van der Waals surface area contributed by atoms with E-state index in [9.17, 15) is 4.79 Å². The highest BCUT2D eigenvalue weighted by atomic mass is 32.1. The Hall–Kier alpha value is -1.30. The first kappa shape index (κ1) is 22.7. The zero-order valence-corrected chi connectivity index (χ0v) is 16.8. The molecule has 0 atom stereocenters. The Morgan fingerprint density at radius 2 is 1.67 bits per heavy atom. The van der Waals surface area contributed by atoms with E-state index < -0.39 is 5.60 Å². The summed E-state index contributed by atoms with van der Waals surface area (Å²) in [5.41, 5.74) is 4.44. The van der Waals surface area contributed by atoms with Crippen LogP contribution in [0.15, 0.2) is 12.1 Å². The summed E-state index contributed by atoms with van der Waals surface area (Å²) >= 11 is 5.55. The highest BCUT2D eigenvalue weighted by molar-refractivity contribution is 7.80. The third-order valence-electron chi connectivity index (χ3n) is 3.51. The SMILES string of the molecule is Cc1cc(C)c(C(C)C)cc1C(=S)CCC(=O)OC(C)(C)C.NN. The van der Waals surface area contributed by atoms with Crippen molar-refractivity contribution < 1.29 is 9.53 Å². The van der Waals surface area contributed by atoms with Crippen molar-refractivity contribution in [3.05, 3.63) is 34.4 Å². The first-order chi connectivity index (χ1) is 11.0. The van der Waals surface area contributed by atoms with E-state index in [1.807, 2.05) is 20.8 Å². The maximum Gasteiger partial charge on any atom is 0.306 e. The molecule has 0 unspecified atom stereocenters. The summed E-state index contributed by atoms with van der Waals surface area (Å²) in [4.78, 5) is 12.7. The Labute approximate surface area is 151 Å². The zero-order valence-electron chi connectivity index (χ0n) is 16.0. The number of carbonyl (C=O) groups excluding carboxylic acids is 1. The molecule has 24 heavy (non-hydrogen) atoms. The van der Waals surface area contributed by atoms with Gasteiger partial charge in [0.2, 0.25) is 0 Å². The van der Waals surface area contributed by atoms with Gasteiger partial charge in [-0.2, -0.15) is 0 Å². The van der Waals surface area contributed by atoms with Gasteiger partial charge in [0.05, 0.1) is 6.42 Å². The maximum absolute atomic E-state index is 11.8. The molecule has 0 spiro atoms. The van der Waals surface area contributed by atoms with Gasteiger partial charge in [0.25, 0.3) is 0 Å². The Bertz CT molecular complexity index is 575. The molecule has 0 aliphatic heterocycles. The van der Waals surface area contributed by atoms with Gasteiger partial charge in [-0.15, -0.1) is 0 Å². The summed E-state index contributed by atoms with van der Waals surface area (Å²) in [5, 5.41) is 0. The second kappa shape index (κ2) is 9.87. The van der Waals surface area contributed by atoms with E-state index >= 15 is 0 Å². The van der Waals surface area contributed by atoms with E-state index in [0.29, 0.717) is 18.8 Å². The predicted octanol–water partition coefficient (Wildman–Crippen LogP) is 4.09. The fraction of sp³-hybridized carbons (Fsp3) is 0.579. The standard InChI is InChI=1S/C19H28O2S.H4N2/c1-12(2)15-11-16(14(4)10-13(15)3)17(22)8-9-18(20)21-19(5,6)7;1-2/h10-12H,8-9H2,1-7H3;1-2H2. The Morgan fingerprint density at radius 1 is 1.12 bits per heavy atom. The van der Waals surface area contributed by atoms with Gasteiger partial charge in [-0.25, -0.2) is 0 Å². The number of nitrogens with two attached hydrogens (primary N) is 2. The van der Waals surface area contributed by atoms with Gasteiger partial charge in [-0.05, 0) is 75.3 Å². The summed E-state index contributed by atoms with van der Waals surface area (Å²) in [6.07, 6.45) is 0.895. The summed E-state index contributed by atoms with van der Waals surface area (Å²) in [6, 6.07) is 4.37. The lowest BCUT2D eigenvalue weighted by Gasteiger charge is -2.20. The number of esters is 1. The fourth-order valence-electron chi connectivity index (χ4n) is 2.53. The van der Waals surface area contributed by atoms with E-state index in [2.05, 4.69) is 51.5 Å². The highest BCUT2D eigenvalue weighted by Crippen LogP contribution is 2.24. The van der Waals surface area contributed by atoms with Crippen LogP contribution < -0.4 is 11.7 Å². The first-order valence-electron chi connectivity index (χ1n) is 8.21. The number of aryl methyl sites for hydroxylation is 2. The number of rotatable bonds is 5. The summed E-state index contributed by atoms with van der Waals surface area (Å²) < 4.78 is 5.34. The molecular weight excluding hydrogens is 320 g/mol. The average molecular weight is 353 g/mol. The number of hydrogen-bond acceptors (Lipinski definition) is 5. The van der Waals surface area contributed by atoms with Crippen LogP contribution in [0.5, 0.6) is 0 Å². The highest BCUT2D eigenvalue weighted by Gasteiger charge is 2.17. The number of carbonyl (C=O) groups is 1. The summed E-state index contributed by atoms with van der Waals surface area (Å²) in [5.74, 6) is 8.27. The van der Waals surface area contributed by atoms with E-state index in [-0.39, 0.29) is 5.97 Å². The van der Waals surface area contributed by atoms with Crippen molar-refractivity contribution in [2.75, 3.05) is 0 Å². The smallest absolute Gasteiger partial charge is 0.306 e. The maximum atomic E-state index is 11.8. The van der Waals surface area contributed by atoms with E-state index in [4.69, 9.17) is 17.0 Å². The van der Waals surface area contributed by atoms with Gasteiger partial charge in [0.1, 0.15) is 5.60 Å². The van der Waals surface area contributed by atoms with Crippen molar-refractivity contribution in [2.24, 2.45) is 11.7 Å². The van der Waals surface area contributed by atoms with Crippen LogP contribution in [0.2, 0.25) is 0 Å². The third-order valence-corrected chi connectivity index (χ3v) is 3.94. The van der Waals surface area contributed by atoms with Crippen LogP contribution >= 0.6 is 12.2 Å². The molecule has 0 fully saturated rings. The molecule has 0 amide bonds. The lowest BCUT2D eigenvalue weighted by molar-refractivity contribution is -0.154. The van der Waals surface area contributed by atoms with Gasteiger partial charge < -0.3 is 4.74 Å². The quantitative estimate of drug-likeness (QED) is 0.274. The molecule has 4 nitrogen and oxygen atoms in total. The molecule has 0 radical (unpaired) electrons. The van der Waals surface area contributed by atoms with Crippen molar-refractivity contribution in [3.8, 4) is 0 Å². The lowest BCUT2D eigenvalue weighted by atomic mass is 9.91. The molecule has 1 aromatic rings. The van der Waals surface area contributed by atoms with Crippen molar-refractivity contribution >= 4 is 23.1 Å². The zero-order chi connectivity index (χ0) is 19.1. The molecule has 0 aliphatic rings. The summed E-state index contributed by atoms with van der Waals surface area (Å²) in [7, 11) is 0. The number of ether oxygens (including phenoxy) is 1. The predicted molar refractivity (Wildman–Crippen MR) is 105 cm³/mol. The molecule has 0 saturated carbocycles. The van der Waals surface area contributed by atoms with Gasteiger partial charge in [-0.1, -0.05) is 32.1 Å². The molecule has 136 valence electrons. The first-order valence-corrected chi connectivity index (χ1v) is 8.61. The minimum absolute atomic E-state index is 0.191.